The molecule has 0 amide bonds. The molecule has 20 heavy (non-hydrogen) atoms. The van der Waals surface area contributed by atoms with Gasteiger partial charge >= 0.3 is 0 Å². The van der Waals surface area contributed by atoms with Gasteiger partial charge in [-0.25, -0.2) is 4.98 Å². The largest absolute Gasteiger partial charge is 0.384 e. The zero-order valence-electron chi connectivity index (χ0n) is 11.5. The summed E-state index contributed by atoms with van der Waals surface area (Å²) in [6.45, 7) is 4.22. The number of nitrogen functional groups attached to an aromatic ring is 1. The molecule has 104 valence electrons. The van der Waals surface area contributed by atoms with E-state index < -0.39 is 4.83 Å². The second-order valence-corrected chi connectivity index (χ2v) is 5.94. The number of halogens is 1. The molecular weight excluding hydrogens is 316 g/mol. The van der Waals surface area contributed by atoms with Gasteiger partial charge in [0, 0.05) is 11.8 Å². The van der Waals surface area contributed by atoms with Gasteiger partial charge in [0.05, 0.1) is 0 Å². The third-order valence-electron chi connectivity index (χ3n) is 3.17. The van der Waals surface area contributed by atoms with Gasteiger partial charge in [0.1, 0.15) is 10.6 Å². The number of rotatable bonds is 4. The Morgan fingerprint density at radius 1 is 1.20 bits per heavy atom. The van der Waals surface area contributed by atoms with Gasteiger partial charge in [-0.15, -0.1) is 0 Å². The minimum absolute atomic E-state index is 0.0260. The molecule has 1 heterocycles. The Hall–Kier alpha value is -1.68. The van der Waals surface area contributed by atoms with Crippen LogP contribution in [-0.2, 0) is 0 Å². The zero-order chi connectivity index (χ0) is 14.7. The molecule has 2 aromatic rings. The van der Waals surface area contributed by atoms with Crippen molar-refractivity contribution in [3.8, 4) is 0 Å². The Balaban J connectivity index is 2.29. The Morgan fingerprint density at radius 2 is 1.95 bits per heavy atom. The third-order valence-corrected chi connectivity index (χ3v) is 4.11. The number of hydrogen-bond acceptors (Lipinski definition) is 3. The normalized spacial score (nSPS) is 12.4. The summed E-state index contributed by atoms with van der Waals surface area (Å²) in [6.07, 6.45) is 1.61. The fraction of sp³-hybridized carbons (Fsp3) is 0.250. The molecule has 0 aliphatic heterocycles. The Bertz CT molecular complexity index is 625. The van der Waals surface area contributed by atoms with Crippen LogP contribution in [0, 0.1) is 0 Å². The number of alkyl halides is 1. The van der Waals surface area contributed by atoms with Crippen molar-refractivity contribution in [3.63, 3.8) is 0 Å². The maximum absolute atomic E-state index is 12.5. The molecule has 0 saturated heterocycles. The molecule has 1 atom stereocenters. The summed E-state index contributed by atoms with van der Waals surface area (Å²) < 4.78 is 0. The van der Waals surface area contributed by atoms with Crippen molar-refractivity contribution in [2.45, 2.75) is 24.6 Å². The molecule has 1 aromatic carbocycles. The fourth-order valence-electron chi connectivity index (χ4n) is 1.97. The third kappa shape index (κ3) is 3.25. The first-order valence-corrected chi connectivity index (χ1v) is 7.40. The van der Waals surface area contributed by atoms with E-state index >= 15 is 0 Å². The van der Waals surface area contributed by atoms with E-state index in [0.29, 0.717) is 17.3 Å². The van der Waals surface area contributed by atoms with E-state index in [-0.39, 0.29) is 5.78 Å². The maximum atomic E-state index is 12.5. The number of Topliss-reactive ketones (excluding diaryl/α,β-unsaturated/α-hetero) is 1. The molecule has 3 nitrogen and oxygen atoms in total. The quantitative estimate of drug-likeness (QED) is 0.677. The molecule has 0 aliphatic carbocycles. The smallest absolute Gasteiger partial charge is 0.180 e. The van der Waals surface area contributed by atoms with Gasteiger partial charge in [-0.05, 0) is 35.2 Å². The van der Waals surface area contributed by atoms with Gasteiger partial charge in [0.25, 0.3) is 0 Å². The van der Waals surface area contributed by atoms with E-state index in [9.17, 15) is 4.79 Å². The summed E-state index contributed by atoms with van der Waals surface area (Å²) in [7, 11) is 0. The summed E-state index contributed by atoms with van der Waals surface area (Å²) in [5, 5.41) is 0. The van der Waals surface area contributed by atoms with Gasteiger partial charge < -0.3 is 5.73 Å². The standard InChI is InChI=1S/C16H17BrN2O/c1-10(2)11-4-3-5-13(8-11)16(20)15(17)12-6-7-19-14(18)9-12/h3-10,15H,1-2H3,(H2,18,19). The van der Waals surface area contributed by atoms with Crippen molar-refractivity contribution in [2.75, 3.05) is 5.73 Å². The molecule has 2 N–H and O–H groups in total. The number of aromatic nitrogens is 1. The van der Waals surface area contributed by atoms with Crippen molar-refractivity contribution in [2.24, 2.45) is 0 Å². The highest BCUT2D eigenvalue weighted by molar-refractivity contribution is 9.09. The monoisotopic (exact) mass is 332 g/mol. The molecule has 4 heteroatoms. The van der Waals surface area contributed by atoms with E-state index in [0.717, 1.165) is 11.1 Å². The molecule has 0 spiro atoms. The highest BCUT2D eigenvalue weighted by Gasteiger charge is 2.19. The topological polar surface area (TPSA) is 56.0 Å². The number of benzene rings is 1. The summed E-state index contributed by atoms with van der Waals surface area (Å²) in [5.41, 5.74) is 8.33. The highest BCUT2D eigenvalue weighted by atomic mass is 79.9. The number of hydrogen-bond donors (Lipinski definition) is 1. The first-order valence-electron chi connectivity index (χ1n) is 6.48. The van der Waals surface area contributed by atoms with Crippen LogP contribution >= 0.6 is 15.9 Å². The van der Waals surface area contributed by atoms with Crippen LogP contribution in [0.3, 0.4) is 0 Å². The number of nitrogens with zero attached hydrogens (tertiary/aromatic N) is 1. The van der Waals surface area contributed by atoms with E-state index in [2.05, 4.69) is 34.8 Å². The molecule has 2 rings (SSSR count). The number of pyridine rings is 1. The molecular formula is C16H17BrN2O. The maximum Gasteiger partial charge on any atom is 0.180 e. The van der Waals surface area contributed by atoms with Crippen LogP contribution in [0.25, 0.3) is 0 Å². The van der Waals surface area contributed by atoms with Crippen molar-refractivity contribution in [1.82, 2.24) is 4.98 Å². The number of carbonyl (C=O) groups excluding carboxylic acids is 1. The average molecular weight is 333 g/mol. The van der Waals surface area contributed by atoms with Gasteiger partial charge in [0.2, 0.25) is 0 Å². The van der Waals surface area contributed by atoms with Gasteiger partial charge in [-0.1, -0.05) is 48.0 Å². The Labute approximate surface area is 127 Å². The zero-order valence-corrected chi connectivity index (χ0v) is 13.1. The lowest BCUT2D eigenvalue weighted by atomic mass is 9.97. The average Bonchev–Trinajstić information content (AvgIpc) is 2.45. The van der Waals surface area contributed by atoms with Crippen LogP contribution in [0.5, 0.6) is 0 Å². The molecule has 0 bridgehead atoms. The van der Waals surface area contributed by atoms with Crippen molar-refractivity contribution in [3.05, 3.63) is 59.3 Å². The second kappa shape index (κ2) is 6.18. The molecule has 0 saturated carbocycles. The van der Waals surface area contributed by atoms with E-state index in [1.54, 1.807) is 18.3 Å². The molecule has 1 unspecified atom stereocenters. The summed E-state index contributed by atoms with van der Waals surface area (Å²) in [5.74, 6) is 0.835. The number of carbonyl (C=O) groups is 1. The molecule has 1 aromatic heterocycles. The lowest BCUT2D eigenvalue weighted by Crippen LogP contribution is -2.08. The Kier molecular flexibility index (Phi) is 4.55. The van der Waals surface area contributed by atoms with Crippen LogP contribution < -0.4 is 5.73 Å². The number of nitrogens with two attached hydrogens (primary N) is 1. The number of anilines is 1. The van der Waals surface area contributed by atoms with E-state index in [1.165, 1.54) is 0 Å². The molecule has 0 radical (unpaired) electrons. The van der Waals surface area contributed by atoms with Crippen LogP contribution in [0.15, 0.2) is 42.6 Å². The molecule has 0 fully saturated rings. The van der Waals surface area contributed by atoms with Crippen molar-refractivity contribution >= 4 is 27.5 Å². The van der Waals surface area contributed by atoms with Gasteiger partial charge in [-0.3, -0.25) is 4.79 Å². The lowest BCUT2D eigenvalue weighted by Gasteiger charge is -2.12. The predicted molar refractivity (Wildman–Crippen MR) is 85.2 cm³/mol. The fourth-order valence-corrected chi connectivity index (χ4v) is 2.52. The van der Waals surface area contributed by atoms with Crippen molar-refractivity contribution < 1.29 is 4.79 Å². The summed E-state index contributed by atoms with van der Waals surface area (Å²) in [6, 6.07) is 11.3. The second-order valence-electron chi connectivity index (χ2n) is 5.02. The van der Waals surface area contributed by atoms with E-state index in [4.69, 9.17) is 5.73 Å². The van der Waals surface area contributed by atoms with Crippen molar-refractivity contribution in [1.29, 1.82) is 0 Å². The predicted octanol–water partition coefficient (Wildman–Crippen LogP) is 4.11. The summed E-state index contributed by atoms with van der Waals surface area (Å²) >= 11 is 3.45. The van der Waals surface area contributed by atoms with E-state index in [1.807, 2.05) is 24.3 Å². The van der Waals surface area contributed by atoms with Crippen LogP contribution in [-0.4, -0.2) is 10.8 Å². The molecule has 0 aliphatic rings. The lowest BCUT2D eigenvalue weighted by molar-refractivity contribution is 0.0991. The minimum Gasteiger partial charge on any atom is -0.384 e. The Morgan fingerprint density at radius 3 is 2.60 bits per heavy atom. The van der Waals surface area contributed by atoms with Crippen LogP contribution in [0.1, 0.15) is 46.1 Å². The SMILES string of the molecule is CC(C)c1cccc(C(=O)C(Br)c2ccnc(N)c2)c1. The first-order chi connectivity index (χ1) is 9.49. The van der Waals surface area contributed by atoms with Gasteiger partial charge in [-0.2, -0.15) is 0 Å². The van der Waals surface area contributed by atoms with Crippen LogP contribution in [0.2, 0.25) is 0 Å². The van der Waals surface area contributed by atoms with Crippen LogP contribution in [0.4, 0.5) is 5.82 Å². The summed E-state index contributed by atoms with van der Waals surface area (Å²) in [4.78, 5) is 16.1. The highest BCUT2D eigenvalue weighted by Crippen LogP contribution is 2.28. The van der Waals surface area contributed by atoms with Gasteiger partial charge in [0.15, 0.2) is 5.78 Å². The number of ketones is 1. The first kappa shape index (κ1) is 14.7. The minimum atomic E-state index is -0.407.